The van der Waals surface area contributed by atoms with Gasteiger partial charge in [-0.3, -0.25) is 19.4 Å². The minimum atomic E-state index is -0.130. The molecule has 5 rings (SSSR count). The summed E-state index contributed by atoms with van der Waals surface area (Å²) in [5, 5.41) is 15.4. The number of benzene rings is 1. The summed E-state index contributed by atoms with van der Waals surface area (Å²) in [7, 11) is 0. The molecule has 0 radical (unpaired) electrons. The number of amides is 2. The van der Waals surface area contributed by atoms with E-state index in [1.54, 1.807) is 11.0 Å². The zero-order valence-corrected chi connectivity index (χ0v) is 14.8. The molecule has 2 amide bonds. The van der Waals surface area contributed by atoms with E-state index in [9.17, 15) is 9.59 Å². The largest absolute Gasteiger partial charge is 0.348 e. The topological polar surface area (TPSA) is 95.9 Å². The summed E-state index contributed by atoms with van der Waals surface area (Å²) in [5.74, 6) is -0.236. The van der Waals surface area contributed by atoms with Crippen LogP contribution in [0.4, 0.5) is 0 Å². The molecular formula is C19H20N6O2. The van der Waals surface area contributed by atoms with Gasteiger partial charge in [0, 0.05) is 24.5 Å². The molecule has 2 aliphatic rings. The highest BCUT2D eigenvalue weighted by molar-refractivity contribution is 6.04. The fourth-order valence-electron chi connectivity index (χ4n) is 3.51. The van der Waals surface area contributed by atoms with Gasteiger partial charge in [0.15, 0.2) is 11.4 Å². The predicted octanol–water partition coefficient (Wildman–Crippen LogP) is 1.70. The van der Waals surface area contributed by atoms with E-state index in [4.69, 9.17) is 0 Å². The average molecular weight is 364 g/mol. The molecule has 1 fully saturated rings. The number of aromatic nitrogens is 4. The highest BCUT2D eigenvalue weighted by Crippen LogP contribution is 2.22. The molecular weight excluding hydrogens is 344 g/mol. The van der Waals surface area contributed by atoms with Gasteiger partial charge in [-0.2, -0.15) is 10.2 Å². The molecule has 2 aromatic heterocycles. The third kappa shape index (κ3) is 2.97. The van der Waals surface area contributed by atoms with Crippen LogP contribution in [0, 0.1) is 0 Å². The Bertz CT molecular complexity index is 1030. The number of aryl methyl sites for hydroxylation is 1. The molecule has 0 saturated heterocycles. The Morgan fingerprint density at radius 3 is 2.89 bits per heavy atom. The van der Waals surface area contributed by atoms with Gasteiger partial charge >= 0.3 is 0 Å². The van der Waals surface area contributed by atoms with E-state index in [0.29, 0.717) is 37.1 Å². The highest BCUT2D eigenvalue weighted by atomic mass is 16.2. The van der Waals surface area contributed by atoms with Crippen molar-refractivity contribution >= 4 is 22.7 Å². The van der Waals surface area contributed by atoms with Gasteiger partial charge in [-0.05, 0) is 31.4 Å². The Morgan fingerprint density at radius 2 is 2.04 bits per heavy atom. The minimum Gasteiger partial charge on any atom is -0.348 e. The molecule has 3 heterocycles. The standard InChI is InChI=1S/C19H20N6O2/c26-18(20-12-6-7-12)16-10-13-11-24(8-3-9-25(13)23-16)19(27)17-14-4-1-2-5-15(14)21-22-17/h1-2,4-5,10,12H,3,6-9,11H2,(H,20,26)(H,21,22). The van der Waals surface area contributed by atoms with Crippen LogP contribution in [0.25, 0.3) is 10.9 Å². The number of hydrogen-bond donors (Lipinski definition) is 2. The molecule has 1 aromatic carbocycles. The molecule has 0 spiro atoms. The SMILES string of the molecule is O=C(NC1CC1)c1cc2n(n1)CCCN(C(=O)c1n[nH]c3ccccc13)C2. The first-order valence-electron chi connectivity index (χ1n) is 9.29. The summed E-state index contributed by atoms with van der Waals surface area (Å²) in [4.78, 5) is 27.1. The zero-order chi connectivity index (χ0) is 18.4. The minimum absolute atomic E-state index is 0.105. The van der Waals surface area contributed by atoms with Crippen LogP contribution < -0.4 is 5.32 Å². The van der Waals surface area contributed by atoms with Crippen molar-refractivity contribution in [2.75, 3.05) is 6.54 Å². The fourth-order valence-corrected chi connectivity index (χ4v) is 3.51. The van der Waals surface area contributed by atoms with Gasteiger partial charge in [0.1, 0.15) is 0 Å². The van der Waals surface area contributed by atoms with Crippen LogP contribution in [-0.4, -0.2) is 49.3 Å². The first-order chi connectivity index (χ1) is 13.2. The normalized spacial score (nSPS) is 16.8. The van der Waals surface area contributed by atoms with Gasteiger partial charge < -0.3 is 10.2 Å². The molecule has 1 aliphatic heterocycles. The lowest BCUT2D eigenvalue weighted by Gasteiger charge is -2.18. The average Bonchev–Trinajstić information content (AvgIpc) is 3.30. The number of carbonyl (C=O) groups is 2. The molecule has 0 unspecified atom stereocenters. The van der Waals surface area contributed by atoms with Crippen molar-refractivity contribution in [3.8, 4) is 0 Å². The van der Waals surface area contributed by atoms with Gasteiger partial charge in [-0.1, -0.05) is 18.2 Å². The summed E-state index contributed by atoms with van der Waals surface area (Å²) >= 11 is 0. The molecule has 0 atom stereocenters. The van der Waals surface area contributed by atoms with Crippen molar-refractivity contribution in [2.24, 2.45) is 0 Å². The Morgan fingerprint density at radius 1 is 1.19 bits per heavy atom. The summed E-state index contributed by atoms with van der Waals surface area (Å²) in [6, 6.07) is 9.71. The molecule has 0 bridgehead atoms. The quantitative estimate of drug-likeness (QED) is 0.739. The first-order valence-corrected chi connectivity index (χ1v) is 9.29. The van der Waals surface area contributed by atoms with E-state index in [-0.39, 0.29) is 11.8 Å². The van der Waals surface area contributed by atoms with Crippen LogP contribution in [0.3, 0.4) is 0 Å². The smallest absolute Gasteiger partial charge is 0.275 e. The Kier molecular flexibility index (Phi) is 3.70. The Balaban J connectivity index is 1.39. The molecule has 8 heteroatoms. The molecule has 3 aromatic rings. The van der Waals surface area contributed by atoms with Crippen molar-refractivity contribution in [3.05, 3.63) is 47.4 Å². The predicted molar refractivity (Wildman–Crippen MR) is 98.2 cm³/mol. The maximum atomic E-state index is 13.1. The van der Waals surface area contributed by atoms with Gasteiger partial charge in [0.05, 0.1) is 17.8 Å². The maximum Gasteiger partial charge on any atom is 0.275 e. The number of nitrogens with one attached hydrogen (secondary N) is 2. The molecule has 1 saturated carbocycles. The third-order valence-electron chi connectivity index (χ3n) is 5.12. The van der Waals surface area contributed by atoms with Crippen molar-refractivity contribution < 1.29 is 9.59 Å². The van der Waals surface area contributed by atoms with Crippen LogP contribution in [0.2, 0.25) is 0 Å². The second kappa shape index (κ2) is 6.22. The molecule has 27 heavy (non-hydrogen) atoms. The highest BCUT2D eigenvalue weighted by Gasteiger charge is 2.28. The van der Waals surface area contributed by atoms with Gasteiger partial charge in [-0.25, -0.2) is 0 Å². The van der Waals surface area contributed by atoms with Crippen LogP contribution >= 0.6 is 0 Å². The lowest BCUT2D eigenvalue weighted by atomic mass is 10.2. The van der Waals surface area contributed by atoms with E-state index in [1.807, 2.05) is 28.9 Å². The van der Waals surface area contributed by atoms with Crippen LogP contribution in [0.1, 0.15) is 45.9 Å². The molecule has 138 valence electrons. The van der Waals surface area contributed by atoms with Gasteiger partial charge in [0.25, 0.3) is 11.8 Å². The molecule has 8 nitrogen and oxygen atoms in total. The van der Waals surface area contributed by atoms with Crippen molar-refractivity contribution in [1.82, 2.24) is 30.2 Å². The fraction of sp³-hybridized carbons (Fsp3) is 0.368. The Labute approximate surface area is 155 Å². The van der Waals surface area contributed by atoms with Crippen LogP contribution in [0.15, 0.2) is 30.3 Å². The number of carbonyl (C=O) groups excluding carboxylic acids is 2. The van der Waals surface area contributed by atoms with Gasteiger partial charge in [-0.15, -0.1) is 0 Å². The van der Waals surface area contributed by atoms with Gasteiger partial charge in [0.2, 0.25) is 0 Å². The van der Waals surface area contributed by atoms with E-state index >= 15 is 0 Å². The lowest BCUT2D eigenvalue weighted by molar-refractivity contribution is 0.0741. The van der Waals surface area contributed by atoms with Crippen LogP contribution in [-0.2, 0) is 13.1 Å². The monoisotopic (exact) mass is 364 g/mol. The molecule has 1 aliphatic carbocycles. The summed E-state index contributed by atoms with van der Waals surface area (Å²) in [6.07, 6.45) is 2.87. The number of nitrogens with zero attached hydrogens (tertiary/aromatic N) is 4. The third-order valence-corrected chi connectivity index (χ3v) is 5.12. The number of aromatic amines is 1. The number of rotatable bonds is 3. The summed E-state index contributed by atoms with van der Waals surface area (Å²) in [6.45, 7) is 1.74. The first kappa shape index (κ1) is 16.0. The number of para-hydroxylation sites is 1. The number of H-pyrrole nitrogens is 1. The lowest BCUT2D eigenvalue weighted by Crippen LogP contribution is -2.31. The Hall–Kier alpha value is -3.16. The van der Waals surface area contributed by atoms with E-state index in [2.05, 4.69) is 20.6 Å². The number of fused-ring (bicyclic) bond motifs is 2. The second-order valence-electron chi connectivity index (χ2n) is 7.19. The van der Waals surface area contributed by atoms with Crippen molar-refractivity contribution in [1.29, 1.82) is 0 Å². The van der Waals surface area contributed by atoms with E-state index in [0.717, 1.165) is 35.9 Å². The summed E-state index contributed by atoms with van der Waals surface area (Å²) in [5.41, 5.74) is 2.59. The van der Waals surface area contributed by atoms with E-state index in [1.165, 1.54) is 0 Å². The summed E-state index contributed by atoms with van der Waals surface area (Å²) < 4.78 is 1.84. The van der Waals surface area contributed by atoms with Crippen molar-refractivity contribution in [3.63, 3.8) is 0 Å². The second-order valence-corrected chi connectivity index (χ2v) is 7.19. The van der Waals surface area contributed by atoms with E-state index < -0.39 is 0 Å². The van der Waals surface area contributed by atoms with Crippen molar-refractivity contribution in [2.45, 2.75) is 38.4 Å². The number of hydrogen-bond acceptors (Lipinski definition) is 4. The van der Waals surface area contributed by atoms with Crippen LogP contribution in [0.5, 0.6) is 0 Å². The molecule has 2 N–H and O–H groups in total. The zero-order valence-electron chi connectivity index (χ0n) is 14.8. The maximum absolute atomic E-state index is 13.1.